The van der Waals surface area contributed by atoms with E-state index in [-0.39, 0.29) is 12.5 Å². The van der Waals surface area contributed by atoms with Crippen LogP contribution in [0.5, 0.6) is 5.75 Å². The molecule has 0 aliphatic heterocycles. The Morgan fingerprint density at radius 2 is 1.57 bits per heavy atom. The summed E-state index contributed by atoms with van der Waals surface area (Å²) in [6.45, 7) is -0.00964. The molecule has 0 spiro atoms. The molecule has 6 nitrogen and oxygen atoms in total. The monoisotopic (exact) mass is 588 g/mol. The second-order valence-electron chi connectivity index (χ2n) is 9.43. The Balaban J connectivity index is 1.27. The van der Waals surface area contributed by atoms with Crippen molar-refractivity contribution in [2.45, 2.75) is 30.1 Å². The third-order valence-electron chi connectivity index (χ3n) is 6.52. The van der Waals surface area contributed by atoms with E-state index in [0.29, 0.717) is 34.2 Å². The Morgan fingerprint density at radius 1 is 0.857 bits per heavy atom. The first-order chi connectivity index (χ1) is 20.3. The number of carbonyl (C=O) groups excluding carboxylic acids is 1. The zero-order valence-corrected chi connectivity index (χ0v) is 23.5. The molecule has 0 radical (unpaired) electrons. The highest BCUT2D eigenvalue weighted by Crippen LogP contribution is 2.31. The first kappa shape index (κ1) is 28.9. The van der Waals surface area contributed by atoms with Crippen LogP contribution in [0.15, 0.2) is 108 Å². The van der Waals surface area contributed by atoms with Crippen molar-refractivity contribution in [1.29, 1.82) is 0 Å². The lowest BCUT2D eigenvalue weighted by Gasteiger charge is -2.14. The van der Waals surface area contributed by atoms with Crippen LogP contribution in [0.3, 0.4) is 0 Å². The van der Waals surface area contributed by atoms with Crippen molar-refractivity contribution in [3.05, 3.63) is 137 Å². The van der Waals surface area contributed by atoms with Crippen LogP contribution in [0.2, 0.25) is 0 Å². The predicted molar refractivity (Wildman–Crippen MR) is 156 cm³/mol. The van der Waals surface area contributed by atoms with Crippen molar-refractivity contribution in [2.24, 2.45) is 0 Å². The highest BCUT2D eigenvalue weighted by Gasteiger charge is 2.30. The summed E-state index contributed by atoms with van der Waals surface area (Å²) >= 11 is 1.51. The van der Waals surface area contributed by atoms with Gasteiger partial charge in [0.15, 0.2) is 5.16 Å². The number of nitrogens with one attached hydrogen (secondary N) is 1. The van der Waals surface area contributed by atoms with Gasteiger partial charge in [0, 0.05) is 24.3 Å². The second kappa shape index (κ2) is 12.9. The quantitative estimate of drug-likeness (QED) is 0.176. The molecule has 10 heteroatoms. The van der Waals surface area contributed by atoms with Gasteiger partial charge in [-0.2, -0.15) is 13.2 Å². The topological polar surface area (TPSA) is 69.0 Å². The van der Waals surface area contributed by atoms with Crippen molar-refractivity contribution >= 4 is 17.7 Å². The Kier molecular flexibility index (Phi) is 8.92. The maximum absolute atomic E-state index is 13.0. The van der Waals surface area contributed by atoms with Gasteiger partial charge in [0.25, 0.3) is 5.91 Å². The Bertz CT molecular complexity index is 1650. The number of ether oxygens (including phenoxy) is 1. The molecule has 0 bridgehead atoms. The molecule has 0 aliphatic rings. The van der Waals surface area contributed by atoms with Crippen molar-refractivity contribution in [3.8, 4) is 11.4 Å². The lowest BCUT2D eigenvalue weighted by molar-refractivity contribution is -0.137. The van der Waals surface area contributed by atoms with Crippen molar-refractivity contribution in [1.82, 2.24) is 20.1 Å². The zero-order chi connectivity index (χ0) is 29.5. The van der Waals surface area contributed by atoms with Gasteiger partial charge in [-0.25, -0.2) is 0 Å². The summed E-state index contributed by atoms with van der Waals surface area (Å²) in [5.41, 5.74) is 2.96. The Labute approximate surface area is 245 Å². The molecule has 0 aliphatic carbocycles. The number of aromatic nitrogens is 3. The number of hydrogen-bond donors (Lipinski definition) is 1. The van der Waals surface area contributed by atoms with Gasteiger partial charge in [-0.05, 0) is 53.1 Å². The Morgan fingerprint density at radius 3 is 2.31 bits per heavy atom. The van der Waals surface area contributed by atoms with Crippen LogP contribution in [-0.2, 0) is 24.9 Å². The zero-order valence-electron chi connectivity index (χ0n) is 22.6. The predicted octanol–water partition coefficient (Wildman–Crippen LogP) is 7.11. The average Bonchev–Trinajstić information content (AvgIpc) is 3.41. The number of amides is 1. The number of nitrogens with zero attached hydrogens (tertiary/aromatic N) is 3. The molecule has 214 valence electrons. The number of hydrogen-bond acceptors (Lipinski definition) is 5. The van der Waals surface area contributed by atoms with E-state index < -0.39 is 11.7 Å². The van der Waals surface area contributed by atoms with Crippen molar-refractivity contribution in [2.75, 3.05) is 7.11 Å². The molecule has 1 aromatic heterocycles. The summed E-state index contributed by atoms with van der Waals surface area (Å²) in [6.07, 6.45) is -3.84. The second-order valence-corrected chi connectivity index (χ2v) is 10.4. The number of alkyl halides is 3. The standard InChI is InChI=1S/C32H27F3N4O2S/c1-41-28-13-6-5-12-27(28)39-29(19-22-8-3-2-4-9-22)37-38-31(39)42-21-23-14-16-25(17-15-23)30(40)36-20-24-10-7-11-26(18-24)32(33,34)35/h2-18H,19-21H2,1H3,(H,36,40). The van der Waals surface area contributed by atoms with Crippen molar-refractivity contribution < 1.29 is 22.7 Å². The largest absolute Gasteiger partial charge is 0.495 e. The summed E-state index contributed by atoms with van der Waals surface area (Å²) in [4.78, 5) is 12.6. The average molecular weight is 589 g/mol. The highest BCUT2D eigenvalue weighted by molar-refractivity contribution is 7.98. The fourth-order valence-electron chi connectivity index (χ4n) is 4.39. The van der Waals surface area contributed by atoms with Gasteiger partial charge < -0.3 is 10.1 Å². The molecular formula is C32H27F3N4O2S. The molecule has 0 fully saturated rings. The molecule has 1 heterocycles. The summed E-state index contributed by atoms with van der Waals surface area (Å²) in [7, 11) is 1.63. The minimum Gasteiger partial charge on any atom is -0.495 e. The third kappa shape index (κ3) is 7.01. The van der Waals surface area contributed by atoms with Gasteiger partial charge in [0.1, 0.15) is 11.6 Å². The summed E-state index contributed by atoms with van der Waals surface area (Å²) in [5.74, 6) is 1.69. The van der Waals surface area contributed by atoms with Crippen LogP contribution in [0, 0.1) is 0 Å². The number of benzene rings is 4. The van der Waals surface area contributed by atoms with E-state index in [1.807, 2.05) is 71.3 Å². The molecule has 0 saturated heterocycles. The van der Waals surface area contributed by atoms with Gasteiger partial charge in [0.05, 0.1) is 18.4 Å². The SMILES string of the molecule is COc1ccccc1-n1c(Cc2ccccc2)nnc1SCc1ccc(C(=O)NCc2cccc(C(F)(F)F)c2)cc1. The maximum atomic E-state index is 13.0. The Hall–Kier alpha value is -4.57. The lowest BCUT2D eigenvalue weighted by atomic mass is 10.1. The number of halogens is 3. The molecule has 0 unspecified atom stereocenters. The summed E-state index contributed by atoms with van der Waals surface area (Å²) in [5, 5.41) is 12.4. The van der Waals surface area contributed by atoms with Gasteiger partial charge in [-0.1, -0.05) is 78.5 Å². The molecule has 1 amide bonds. The van der Waals surface area contributed by atoms with Crippen LogP contribution < -0.4 is 10.1 Å². The van der Waals surface area contributed by atoms with E-state index in [0.717, 1.165) is 34.8 Å². The van der Waals surface area contributed by atoms with Crippen LogP contribution in [-0.4, -0.2) is 27.8 Å². The van der Waals surface area contributed by atoms with Gasteiger partial charge in [-0.15, -0.1) is 10.2 Å². The fraction of sp³-hybridized carbons (Fsp3) is 0.156. The van der Waals surface area contributed by atoms with Crippen LogP contribution in [0.4, 0.5) is 13.2 Å². The van der Waals surface area contributed by atoms with E-state index >= 15 is 0 Å². The number of rotatable bonds is 10. The molecule has 4 aromatic carbocycles. The maximum Gasteiger partial charge on any atom is 0.416 e. The summed E-state index contributed by atoms with van der Waals surface area (Å²) < 4.78 is 46.5. The molecule has 5 aromatic rings. The van der Waals surface area contributed by atoms with Gasteiger partial charge in [-0.3, -0.25) is 9.36 Å². The van der Waals surface area contributed by atoms with Crippen molar-refractivity contribution in [3.63, 3.8) is 0 Å². The van der Waals surface area contributed by atoms with Crippen LogP contribution in [0.1, 0.15) is 38.4 Å². The van der Waals surface area contributed by atoms with Gasteiger partial charge in [0.2, 0.25) is 0 Å². The number of methoxy groups -OCH3 is 1. The minimum absolute atomic E-state index is 0.00964. The van der Waals surface area contributed by atoms with E-state index in [4.69, 9.17) is 4.74 Å². The minimum atomic E-state index is -4.43. The highest BCUT2D eigenvalue weighted by atomic mass is 32.2. The first-order valence-electron chi connectivity index (χ1n) is 13.1. The number of thioether (sulfide) groups is 1. The molecule has 5 rings (SSSR count). The molecule has 0 saturated carbocycles. The molecular weight excluding hydrogens is 561 g/mol. The van der Waals surface area contributed by atoms with E-state index in [9.17, 15) is 18.0 Å². The first-order valence-corrected chi connectivity index (χ1v) is 14.1. The third-order valence-corrected chi connectivity index (χ3v) is 7.52. The van der Waals surface area contributed by atoms with Crippen LogP contribution in [0.25, 0.3) is 5.69 Å². The smallest absolute Gasteiger partial charge is 0.416 e. The molecule has 0 atom stereocenters. The molecule has 42 heavy (non-hydrogen) atoms. The number of para-hydroxylation sites is 2. The van der Waals surface area contributed by atoms with E-state index in [1.54, 1.807) is 25.3 Å². The summed E-state index contributed by atoms with van der Waals surface area (Å²) in [6, 6.07) is 29.8. The number of carbonyl (C=O) groups is 1. The van der Waals surface area contributed by atoms with Gasteiger partial charge >= 0.3 is 6.18 Å². The molecule has 1 N–H and O–H groups in total. The lowest BCUT2D eigenvalue weighted by Crippen LogP contribution is -2.23. The van der Waals surface area contributed by atoms with E-state index in [1.165, 1.54) is 17.8 Å². The van der Waals surface area contributed by atoms with E-state index in [2.05, 4.69) is 15.5 Å². The fourth-order valence-corrected chi connectivity index (χ4v) is 5.31. The normalized spacial score (nSPS) is 11.3. The van der Waals surface area contributed by atoms with Crippen LogP contribution >= 0.6 is 11.8 Å².